The second kappa shape index (κ2) is 2.89. The number of rotatable bonds is 0. The third-order valence-electron chi connectivity index (χ3n) is 1.97. The van der Waals surface area contributed by atoms with Gasteiger partial charge in [-0.1, -0.05) is 35.9 Å². The second-order valence-corrected chi connectivity index (χ2v) is 3.19. The van der Waals surface area contributed by atoms with E-state index in [2.05, 4.69) is 0 Å². The summed E-state index contributed by atoms with van der Waals surface area (Å²) >= 11 is 5.87. The van der Waals surface area contributed by atoms with Gasteiger partial charge in [0.15, 0.2) is 0 Å². The van der Waals surface area contributed by atoms with Crippen LogP contribution in [0.2, 0.25) is 5.02 Å². The Morgan fingerprint density at radius 3 is 2.69 bits per heavy atom. The van der Waals surface area contributed by atoms with Crippen molar-refractivity contribution in [2.45, 2.75) is 0 Å². The van der Waals surface area contributed by atoms with Crippen molar-refractivity contribution in [2.24, 2.45) is 0 Å². The van der Waals surface area contributed by atoms with E-state index in [1.807, 2.05) is 18.2 Å². The van der Waals surface area contributed by atoms with Gasteiger partial charge in [0.1, 0.15) is 5.82 Å². The van der Waals surface area contributed by atoms with Gasteiger partial charge in [-0.25, -0.2) is 4.39 Å². The molecule has 0 aliphatic heterocycles. The molecule has 0 bridgehead atoms. The highest BCUT2D eigenvalue weighted by molar-refractivity contribution is 6.38. The number of hydrogen-bond acceptors (Lipinski definition) is 1. The van der Waals surface area contributed by atoms with Crippen molar-refractivity contribution >= 4 is 28.1 Å². The van der Waals surface area contributed by atoms with Crippen LogP contribution in [0.15, 0.2) is 30.3 Å². The van der Waals surface area contributed by atoms with Crippen molar-refractivity contribution in [3.63, 3.8) is 0 Å². The fourth-order valence-electron chi connectivity index (χ4n) is 1.29. The molecule has 13 heavy (non-hydrogen) atoms. The molecule has 0 fully saturated rings. The Hall–Kier alpha value is -1.28. The number of benzene rings is 2. The second-order valence-electron chi connectivity index (χ2n) is 2.81. The van der Waals surface area contributed by atoms with E-state index in [9.17, 15) is 4.39 Å². The van der Waals surface area contributed by atoms with E-state index in [1.165, 1.54) is 6.07 Å². The molecule has 2 aromatic rings. The molecule has 0 saturated carbocycles. The molecule has 1 nitrogen and oxygen atoms in total. The molecule has 0 heterocycles. The maximum Gasteiger partial charge on any atom is 0.148 e. The molecular weight excluding hydrogens is 189 g/mol. The SMILES string of the molecule is Nc1c(F)cc2ccccc2c1Cl. The molecular formula is C10H7ClFN. The molecule has 0 unspecified atom stereocenters. The molecule has 2 aromatic carbocycles. The van der Waals surface area contributed by atoms with Crippen molar-refractivity contribution in [3.8, 4) is 0 Å². The van der Waals surface area contributed by atoms with Crippen molar-refractivity contribution in [3.05, 3.63) is 41.2 Å². The Bertz CT molecular complexity index is 468. The molecule has 66 valence electrons. The van der Waals surface area contributed by atoms with Crippen LogP contribution in [0.25, 0.3) is 10.8 Å². The predicted octanol–water partition coefficient (Wildman–Crippen LogP) is 3.21. The van der Waals surface area contributed by atoms with Gasteiger partial charge in [0, 0.05) is 5.39 Å². The summed E-state index contributed by atoms with van der Waals surface area (Å²) < 4.78 is 13.1. The van der Waals surface area contributed by atoms with Crippen molar-refractivity contribution in [1.82, 2.24) is 0 Å². The summed E-state index contributed by atoms with van der Waals surface area (Å²) in [6, 6.07) is 8.66. The lowest BCUT2D eigenvalue weighted by atomic mass is 10.1. The van der Waals surface area contributed by atoms with Crippen LogP contribution in [0.4, 0.5) is 10.1 Å². The molecule has 0 amide bonds. The van der Waals surface area contributed by atoms with Gasteiger partial charge in [-0.2, -0.15) is 0 Å². The highest BCUT2D eigenvalue weighted by Crippen LogP contribution is 2.31. The molecule has 3 heteroatoms. The number of nitrogen functional groups attached to an aromatic ring is 1. The van der Waals surface area contributed by atoms with Gasteiger partial charge < -0.3 is 5.73 Å². The summed E-state index contributed by atoms with van der Waals surface area (Å²) in [5.74, 6) is -0.469. The maximum atomic E-state index is 13.1. The average molecular weight is 196 g/mol. The first-order chi connectivity index (χ1) is 6.20. The van der Waals surface area contributed by atoms with Gasteiger partial charge in [0.2, 0.25) is 0 Å². The normalized spacial score (nSPS) is 10.6. The standard InChI is InChI=1S/C10H7ClFN/c11-9-7-4-2-1-3-6(7)5-8(12)10(9)13/h1-5H,13H2. The number of nitrogens with two attached hydrogens (primary N) is 1. The van der Waals surface area contributed by atoms with Crippen LogP contribution >= 0.6 is 11.6 Å². The summed E-state index contributed by atoms with van der Waals surface area (Å²) in [7, 11) is 0. The lowest BCUT2D eigenvalue weighted by Crippen LogP contribution is -1.92. The summed E-state index contributed by atoms with van der Waals surface area (Å²) in [5, 5.41) is 1.83. The van der Waals surface area contributed by atoms with Crippen LogP contribution < -0.4 is 5.73 Å². The minimum atomic E-state index is -0.469. The number of anilines is 1. The Morgan fingerprint density at radius 2 is 1.92 bits per heavy atom. The molecule has 0 aliphatic carbocycles. The molecule has 0 aromatic heterocycles. The Kier molecular flexibility index (Phi) is 1.85. The van der Waals surface area contributed by atoms with Crippen molar-refractivity contribution < 1.29 is 4.39 Å². The monoisotopic (exact) mass is 195 g/mol. The maximum absolute atomic E-state index is 13.1. The zero-order valence-electron chi connectivity index (χ0n) is 6.72. The summed E-state index contributed by atoms with van der Waals surface area (Å²) in [4.78, 5) is 0. The van der Waals surface area contributed by atoms with E-state index in [0.717, 1.165) is 10.8 Å². The lowest BCUT2D eigenvalue weighted by Gasteiger charge is -2.04. The zero-order valence-corrected chi connectivity index (χ0v) is 7.48. The minimum absolute atomic E-state index is 0.0142. The van der Waals surface area contributed by atoms with Crippen LogP contribution in [-0.4, -0.2) is 0 Å². The van der Waals surface area contributed by atoms with E-state index in [4.69, 9.17) is 17.3 Å². The van der Waals surface area contributed by atoms with Gasteiger partial charge in [0.25, 0.3) is 0 Å². The molecule has 0 spiro atoms. The summed E-state index contributed by atoms with van der Waals surface area (Å²) in [5.41, 5.74) is 5.46. The summed E-state index contributed by atoms with van der Waals surface area (Å²) in [6.07, 6.45) is 0. The van der Waals surface area contributed by atoms with E-state index in [-0.39, 0.29) is 10.7 Å². The molecule has 0 aliphatic rings. The highest BCUT2D eigenvalue weighted by Gasteiger charge is 2.07. The minimum Gasteiger partial charge on any atom is -0.395 e. The van der Waals surface area contributed by atoms with Crippen molar-refractivity contribution in [2.75, 3.05) is 5.73 Å². The fraction of sp³-hybridized carbons (Fsp3) is 0. The van der Waals surface area contributed by atoms with E-state index >= 15 is 0 Å². The van der Waals surface area contributed by atoms with Crippen LogP contribution in [0.1, 0.15) is 0 Å². The number of fused-ring (bicyclic) bond motifs is 1. The van der Waals surface area contributed by atoms with Crippen LogP contribution in [0.3, 0.4) is 0 Å². The first kappa shape index (κ1) is 8.32. The Labute approximate surface area is 79.9 Å². The molecule has 0 atom stereocenters. The first-order valence-corrected chi connectivity index (χ1v) is 4.20. The third-order valence-corrected chi connectivity index (χ3v) is 2.38. The molecule has 2 N–H and O–H groups in total. The molecule has 0 saturated heterocycles. The predicted molar refractivity (Wildman–Crippen MR) is 53.3 cm³/mol. The van der Waals surface area contributed by atoms with Gasteiger partial charge in [-0.3, -0.25) is 0 Å². The smallest absolute Gasteiger partial charge is 0.148 e. The van der Waals surface area contributed by atoms with Crippen LogP contribution in [-0.2, 0) is 0 Å². The third kappa shape index (κ3) is 1.23. The van der Waals surface area contributed by atoms with Crippen LogP contribution in [0.5, 0.6) is 0 Å². The van der Waals surface area contributed by atoms with Gasteiger partial charge in [0.05, 0.1) is 10.7 Å². The summed E-state index contributed by atoms with van der Waals surface area (Å²) in [6.45, 7) is 0. The van der Waals surface area contributed by atoms with Gasteiger partial charge >= 0.3 is 0 Å². The van der Waals surface area contributed by atoms with E-state index < -0.39 is 5.82 Å². The van der Waals surface area contributed by atoms with Crippen LogP contribution in [0, 0.1) is 5.82 Å². The topological polar surface area (TPSA) is 26.0 Å². The lowest BCUT2D eigenvalue weighted by molar-refractivity contribution is 0.634. The highest BCUT2D eigenvalue weighted by atomic mass is 35.5. The number of halogens is 2. The van der Waals surface area contributed by atoms with Crippen molar-refractivity contribution in [1.29, 1.82) is 0 Å². The average Bonchev–Trinajstić information content (AvgIpc) is 2.15. The molecule has 2 rings (SSSR count). The quantitative estimate of drug-likeness (QED) is 0.642. The van der Waals surface area contributed by atoms with E-state index in [1.54, 1.807) is 6.07 Å². The van der Waals surface area contributed by atoms with Gasteiger partial charge in [-0.05, 0) is 11.5 Å². The van der Waals surface area contributed by atoms with E-state index in [0.29, 0.717) is 0 Å². The largest absolute Gasteiger partial charge is 0.395 e. The van der Waals surface area contributed by atoms with Gasteiger partial charge in [-0.15, -0.1) is 0 Å². The zero-order chi connectivity index (χ0) is 9.42. The first-order valence-electron chi connectivity index (χ1n) is 3.82. The Balaban J connectivity index is 2.94. The fourth-order valence-corrected chi connectivity index (χ4v) is 1.55. The number of hydrogen-bond donors (Lipinski definition) is 1. The Morgan fingerprint density at radius 1 is 1.23 bits per heavy atom. The molecule has 0 radical (unpaired) electrons.